The molecular formula is C13H17BF3NO2. The van der Waals surface area contributed by atoms with Gasteiger partial charge in [-0.1, -0.05) is 0 Å². The van der Waals surface area contributed by atoms with Gasteiger partial charge in [0.05, 0.1) is 11.2 Å². The summed E-state index contributed by atoms with van der Waals surface area (Å²) >= 11 is 0. The number of hydrogen-bond donors (Lipinski definition) is 0. The van der Waals surface area contributed by atoms with Crippen LogP contribution < -0.4 is 5.46 Å². The Balaban J connectivity index is 2.39. The van der Waals surface area contributed by atoms with Crippen molar-refractivity contribution in [1.29, 1.82) is 0 Å². The number of halogens is 3. The molecule has 0 radical (unpaired) electrons. The minimum absolute atomic E-state index is 0.0357. The van der Waals surface area contributed by atoms with Gasteiger partial charge in [-0.2, -0.15) is 4.39 Å². The van der Waals surface area contributed by atoms with Crippen LogP contribution in [0.4, 0.5) is 13.2 Å². The molecule has 0 N–H and O–H groups in total. The third-order valence-electron chi connectivity index (χ3n) is 3.89. The van der Waals surface area contributed by atoms with Crippen LogP contribution in [0, 0.1) is 5.95 Å². The number of aromatic nitrogens is 1. The maximum absolute atomic E-state index is 13.9. The maximum atomic E-state index is 13.9. The van der Waals surface area contributed by atoms with Gasteiger partial charge in [-0.3, -0.25) is 0 Å². The lowest BCUT2D eigenvalue weighted by Crippen LogP contribution is -2.41. The van der Waals surface area contributed by atoms with Crippen LogP contribution >= 0.6 is 0 Å². The van der Waals surface area contributed by atoms with Gasteiger partial charge >= 0.3 is 7.12 Å². The highest BCUT2D eigenvalue weighted by atomic mass is 19.3. The molecule has 0 unspecified atom stereocenters. The van der Waals surface area contributed by atoms with Crippen LogP contribution in [0.25, 0.3) is 0 Å². The van der Waals surface area contributed by atoms with Crippen molar-refractivity contribution in [3.8, 4) is 0 Å². The largest absolute Gasteiger partial charge is 0.499 e. The fraction of sp³-hybridized carbons (Fsp3) is 0.615. The molecule has 1 aromatic heterocycles. The summed E-state index contributed by atoms with van der Waals surface area (Å²) in [5.74, 6) is -0.832. The zero-order valence-corrected chi connectivity index (χ0v) is 11.9. The molecule has 0 spiro atoms. The standard InChI is InChI=1S/C13H17BF3NO2/c1-12(2)13(3,4)20-14(19-12)10-8(7-9(15)16)5-6-18-11(10)17/h5-6,9H,7H2,1-4H3. The molecule has 1 aliphatic heterocycles. The van der Waals surface area contributed by atoms with E-state index in [9.17, 15) is 13.2 Å². The normalized spacial score (nSPS) is 20.7. The highest BCUT2D eigenvalue weighted by Gasteiger charge is 2.53. The van der Waals surface area contributed by atoms with E-state index in [-0.39, 0.29) is 11.0 Å². The van der Waals surface area contributed by atoms with Gasteiger partial charge in [0.15, 0.2) is 0 Å². The molecule has 1 fully saturated rings. The number of nitrogens with zero attached hydrogens (tertiary/aromatic N) is 1. The zero-order valence-electron chi connectivity index (χ0n) is 11.9. The van der Waals surface area contributed by atoms with E-state index in [1.165, 1.54) is 12.3 Å². The Kier molecular flexibility index (Phi) is 3.86. The Labute approximate surface area is 116 Å². The van der Waals surface area contributed by atoms with Crippen molar-refractivity contribution in [2.75, 3.05) is 0 Å². The third kappa shape index (κ3) is 2.69. The third-order valence-corrected chi connectivity index (χ3v) is 3.89. The molecule has 0 aromatic carbocycles. The van der Waals surface area contributed by atoms with Crippen molar-refractivity contribution in [3.05, 3.63) is 23.8 Å². The summed E-state index contributed by atoms with van der Waals surface area (Å²) in [5.41, 5.74) is -1.21. The molecule has 2 heterocycles. The first kappa shape index (κ1) is 15.3. The van der Waals surface area contributed by atoms with Crippen LogP contribution in [-0.2, 0) is 15.7 Å². The SMILES string of the molecule is CC1(C)OB(c2c(CC(F)F)ccnc2F)OC1(C)C. The molecule has 7 heteroatoms. The Bertz CT molecular complexity index is 492. The number of hydrogen-bond acceptors (Lipinski definition) is 3. The lowest BCUT2D eigenvalue weighted by molar-refractivity contribution is 0.00578. The van der Waals surface area contributed by atoms with Gasteiger partial charge in [0.2, 0.25) is 12.4 Å². The van der Waals surface area contributed by atoms with Crippen LogP contribution in [0.15, 0.2) is 12.3 Å². The summed E-state index contributed by atoms with van der Waals surface area (Å²) in [4.78, 5) is 3.52. The molecule has 3 nitrogen and oxygen atoms in total. The molecule has 20 heavy (non-hydrogen) atoms. The van der Waals surface area contributed by atoms with E-state index in [1.54, 1.807) is 0 Å². The predicted octanol–water partition coefficient (Wildman–Crippen LogP) is 2.33. The minimum atomic E-state index is -2.57. The fourth-order valence-corrected chi connectivity index (χ4v) is 2.04. The van der Waals surface area contributed by atoms with E-state index in [1.807, 2.05) is 27.7 Å². The average Bonchev–Trinajstić information content (AvgIpc) is 2.46. The van der Waals surface area contributed by atoms with E-state index >= 15 is 0 Å². The highest BCUT2D eigenvalue weighted by Crippen LogP contribution is 2.36. The van der Waals surface area contributed by atoms with E-state index in [2.05, 4.69) is 4.98 Å². The van der Waals surface area contributed by atoms with Crippen LogP contribution in [0.3, 0.4) is 0 Å². The molecule has 0 bridgehead atoms. The number of pyridine rings is 1. The summed E-state index contributed by atoms with van der Waals surface area (Å²) in [6.45, 7) is 7.25. The lowest BCUT2D eigenvalue weighted by Gasteiger charge is -2.32. The van der Waals surface area contributed by atoms with Gasteiger partial charge in [0.1, 0.15) is 0 Å². The molecule has 1 saturated heterocycles. The van der Waals surface area contributed by atoms with E-state index in [0.717, 1.165) is 0 Å². The molecule has 1 aromatic rings. The molecule has 0 aliphatic carbocycles. The van der Waals surface area contributed by atoms with Gasteiger partial charge in [0.25, 0.3) is 0 Å². The van der Waals surface area contributed by atoms with Crippen molar-refractivity contribution in [1.82, 2.24) is 4.98 Å². The van der Waals surface area contributed by atoms with E-state index in [4.69, 9.17) is 9.31 Å². The summed E-state index contributed by atoms with van der Waals surface area (Å²) in [6.07, 6.45) is -1.96. The van der Waals surface area contributed by atoms with E-state index < -0.39 is 37.1 Å². The van der Waals surface area contributed by atoms with Crippen molar-refractivity contribution in [3.63, 3.8) is 0 Å². The summed E-state index contributed by atoms with van der Waals surface area (Å²) < 4.78 is 50.5. The first-order valence-electron chi connectivity index (χ1n) is 6.41. The molecule has 0 atom stereocenters. The summed E-state index contributed by atoms with van der Waals surface area (Å²) in [7, 11) is -1.03. The Morgan fingerprint density at radius 3 is 2.25 bits per heavy atom. The lowest BCUT2D eigenvalue weighted by atomic mass is 9.76. The Morgan fingerprint density at radius 1 is 1.20 bits per heavy atom. The van der Waals surface area contributed by atoms with Gasteiger partial charge in [-0.05, 0) is 39.3 Å². The Morgan fingerprint density at radius 2 is 1.75 bits per heavy atom. The summed E-state index contributed by atoms with van der Waals surface area (Å²) in [6, 6.07) is 1.37. The topological polar surface area (TPSA) is 31.4 Å². The predicted molar refractivity (Wildman–Crippen MR) is 69.6 cm³/mol. The van der Waals surface area contributed by atoms with Gasteiger partial charge in [0, 0.05) is 18.1 Å². The Hall–Kier alpha value is -1.08. The highest BCUT2D eigenvalue weighted by molar-refractivity contribution is 6.62. The second-order valence-corrected chi connectivity index (χ2v) is 5.86. The average molecular weight is 287 g/mol. The molecule has 0 saturated carbocycles. The minimum Gasteiger partial charge on any atom is -0.399 e. The van der Waals surface area contributed by atoms with Crippen LogP contribution in [0.2, 0.25) is 0 Å². The van der Waals surface area contributed by atoms with Gasteiger partial charge < -0.3 is 9.31 Å². The van der Waals surface area contributed by atoms with Crippen LogP contribution in [0.5, 0.6) is 0 Å². The second kappa shape index (κ2) is 5.04. The van der Waals surface area contributed by atoms with Gasteiger partial charge in [-0.25, -0.2) is 13.8 Å². The quantitative estimate of drug-likeness (QED) is 0.631. The van der Waals surface area contributed by atoms with Crippen molar-refractivity contribution < 1.29 is 22.5 Å². The summed E-state index contributed by atoms with van der Waals surface area (Å²) in [5, 5.41) is 0. The smallest absolute Gasteiger partial charge is 0.399 e. The van der Waals surface area contributed by atoms with Gasteiger partial charge in [-0.15, -0.1) is 0 Å². The number of alkyl halides is 2. The fourth-order valence-electron chi connectivity index (χ4n) is 2.04. The van der Waals surface area contributed by atoms with Crippen molar-refractivity contribution >= 4 is 12.6 Å². The molecule has 0 amide bonds. The van der Waals surface area contributed by atoms with Crippen LogP contribution in [0.1, 0.15) is 33.3 Å². The molecule has 2 rings (SSSR count). The van der Waals surface area contributed by atoms with Crippen molar-refractivity contribution in [2.24, 2.45) is 0 Å². The second-order valence-electron chi connectivity index (χ2n) is 5.86. The zero-order chi connectivity index (χ0) is 15.1. The number of rotatable bonds is 3. The first-order valence-corrected chi connectivity index (χ1v) is 6.41. The monoisotopic (exact) mass is 287 g/mol. The van der Waals surface area contributed by atoms with Crippen LogP contribution in [-0.4, -0.2) is 29.7 Å². The van der Waals surface area contributed by atoms with E-state index in [0.29, 0.717) is 0 Å². The first-order chi connectivity index (χ1) is 9.14. The molecular weight excluding hydrogens is 270 g/mol. The van der Waals surface area contributed by atoms with Crippen molar-refractivity contribution in [2.45, 2.75) is 51.7 Å². The molecule has 1 aliphatic rings. The maximum Gasteiger partial charge on any atom is 0.499 e. The molecule has 110 valence electrons.